The van der Waals surface area contributed by atoms with E-state index in [1.54, 1.807) is 38.2 Å². The summed E-state index contributed by atoms with van der Waals surface area (Å²) in [7, 11) is 1.56. The lowest BCUT2D eigenvalue weighted by molar-refractivity contribution is -0.145. The highest BCUT2D eigenvalue weighted by molar-refractivity contribution is 6.50. The number of rotatable bonds is 3. The Morgan fingerprint density at radius 1 is 1.21 bits per heavy atom. The van der Waals surface area contributed by atoms with Crippen LogP contribution in [-0.4, -0.2) is 53.9 Å². The summed E-state index contributed by atoms with van der Waals surface area (Å²) in [6.45, 7) is 2.14. The minimum Gasteiger partial charge on any atom is -0.507 e. The van der Waals surface area contributed by atoms with Gasteiger partial charge in [0.15, 0.2) is 5.54 Å². The van der Waals surface area contributed by atoms with Crippen LogP contribution >= 0.6 is 0 Å². The van der Waals surface area contributed by atoms with E-state index in [2.05, 4.69) is 0 Å². The molecule has 0 bridgehead atoms. The second-order valence-electron chi connectivity index (χ2n) is 8.66. The Labute approximate surface area is 190 Å². The summed E-state index contributed by atoms with van der Waals surface area (Å²) >= 11 is 0. The van der Waals surface area contributed by atoms with Crippen molar-refractivity contribution in [2.45, 2.75) is 31.4 Å². The van der Waals surface area contributed by atoms with Crippen LogP contribution in [0.15, 0.2) is 48.0 Å². The smallest absolute Gasteiger partial charge is 0.296 e. The van der Waals surface area contributed by atoms with Crippen LogP contribution < -0.4 is 4.90 Å². The van der Waals surface area contributed by atoms with Crippen LogP contribution in [0, 0.1) is 12.7 Å². The molecule has 0 radical (unpaired) electrons. The maximum Gasteiger partial charge on any atom is 0.296 e. The summed E-state index contributed by atoms with van der Waals surface area (Å²) in [5, 5.41) is 11.3. The normalized spacial score (nSPS) is 26.0. The number of amides is 2. The number of likely N-dealkylation sites (N-methyl/N-ethyl adjacent to an activating group) is 1. The fraction of sp³-hybridized carbons (Fsp3) is 0.320. The quantitative estimate of drug-likeness (QED) is 0.442. The molecule has 8 heteroatoms. The third-order valence-electron chi connectivity index (χ3n) is 6.79. The average Bonchev–Trinajstić information content (AvgIpc) is 3.46. The zero-order chi connectivity index (χ0) is 23.5. The summed E-state index contributed by atoms with van der Waals surface area (Å²) in [5.74, 6) is -3.56. The molecule has 3 aliphatic heterocycles. The van der Waals surface area contributed by atoms with E-state index in [4.69, 9.17) is 4.74 Å². The van der Waals surface area contributed by atoms with E-state index in [9.17, 15) is 23.9 Å². The SMILES string of the molecule is Cc1ccc(C(O)=C2C(=O)C(=O)N(C[C@@H]3CCCO3)[C@@]23C(=O)N(C)c2ccccc23)cc1F. The number of benzene rings is 2. The molecule has 5 rings (SSSR count). The van der Waals surface area contributed by atoms with Crippen LogP contribution in [0.2, 0.25) is 0 Å². The molecule has 0 aliphatic carbocycles. The summed E-state index contributed by atoms with van der Waals surface area (Å²) in [5.41, 5.74) is -0.867. The molecule has 170 valence electrons. The van der Waals surface area contributed by atoms with Crippen molar-refractivity contribution in [2.75, 3.05) is 25.1 Å². The number of nitrogens with zero attached hydrogens (tertiary/aromatic N) is 2. The van der Waals surface area contributed by atoms with Gasteiger partial charge in [-0.25, -0.2) is 4.39 Å². The average molecular weight is 450 g/mol. The third kappa shape index (κ3) is 2.87. The number of carbonyl (C=O) groups excluding carboxylic acids is 3. The molecular weight excluding hydrogens is 427 g/mol. The molecule has 33 heavy (non-hydrogen) atoms. The molecule has 1 N–H and O–H groups in total. The number of aliphatic hydroxyl groups is 1. The molecule has 2 saturated heterocycles. The number of para-hydroxylation sites is 1. The molecule has 1 spiro atoms. The second kappa shape index (κ2) is 7.52. The van der Waals surface area contributed by atoms with Crippen molar-refractivity contribution < 1.29 is 28.6 Å². The first-order valence-electron chi connectivity index (χ1n) is 10.8. The van der Waals surface area contributed by atoms with Crippen molar-refractivity contribution in [1.82, 2.24) is 4.90 Å². The molecule has 3 heterocycles. The zero-order valence-electron chi connectivity index (χ0n) is 18.3. The second-order valence-corrected chi connectivity index (χ2v) is 8.66. The maximum atomic E-state index is 14.3. The first-order chi connectivity index (χ1) is 15.8. The molecule has 2 amide bonds. The fourth-order valence-electron chi connectivity index (χ4n) is 5.10. The monoisotopic (exact) mass is 450 g/mol. The molecular formula is C25H23FN2O5. The van der Waals surface area contributed by atoms with Gasteiger partial charge in [0.2, 0.25) is 0 Å². The minimum absolute atomic E-state index is 0.0208. The number of hydrogen-bond donors (Lipinski definition) is 1. The van der Waals surface area contributed by atoms with E-state index in [0.717, 1.165) is 12.5 Å². The zero-order valence-corrected chi connectivity index (χ0v) is 18.3. The van der Waals surface area contributed by atoms with Crippen molar-refractivity contribution >= 4 is 29.0 Å². The Morgan fingerprint density at radius 2 is 1.97 bits per heavy atom. The third-order valence-corrected chi connectivity index (χ3v) is 6.79. The van der Waals surface area contributed by atoms with Crippen molar-refractivity contribution in [3.8, 4) is 0 Å². The van der Waals surface area contributed by atoms with Crippen LogP contribution in [0.25, 0.3) is 5.76 Å². The minimum atomic E-state index is -1.85. The van der Waals surface area contributed by atoms with Gasteiger partial charge in [0.25, 0.3) is 17.6 Å². The van der Waals surface area contributed by atoms with Gasteiger partial charge in [-0.3, -0.25) is 14.4 Å². The summed E-state index contributed by atoms with van der Waals surface area (Å²) in [6.07, 6.45) is 1.17. The van der Waals surface area contributed by atoms with E-state index in [1.165, 1.54) is 21.9 Å². The van der Waals surface area contributed by atoms with Crippen LogP contribution in [0.3, 0.4) is 0 Å². The van der Waals surface area contributed by atoms with Gasteiger partial charge in [-0.1, -0.05) is 30.3 Å². The van der Waals surface area contributed by atoms with Crippen molar-refractivity contribution in [3.05, 3.63) is 70.5 Å². The summed E-state index contributed by atoms with van der Waals surface area (Å²) < 4.78 is 20.0. The van der Waals surface area contributed by atoms with Crippen LogP contribution in [-0.2, 0) is 24.7 Å². The van der Waals surface area contributed by atoms with Gasteiger partial charge in [0, 0.05) is 37.0 Å². The largest absolute Gasteiger partial charge is 0.507 e. The highest BCUT2D eigenvalue weighted by Gasteiger charge is 2.67. The lowest BCUT2D eigenvalue weighted by Crippen LogP contribution is -2.53. The lowest BCUT2D eigenvalue weighted by Gasteiger charge is -2.35. The van der Waals surface area contributed by atoms with Gasteiger partial charge in [0.1, 0.15) is 11.6 Å². The number of likely N-dealkylation sites (tertiary alicyclic amines) is 1. The molecule has 3 aliphatic rings. The molecule has 2 fully saturated rings. The topological polar surface area (TPSA) is 87.1 Å². The number of carbonyl (C=O) groups is 3. The number of hydrogen-bond acceptors (Lipinski definition) is 5. The standard InChI is InChI=1S/C25H23FN2O5/c1-14-9-10-15(12-18(14)26)21(29)20-22(30)23(31)28(13-16-6-5-11-33-16)25(20)17-7-3-4-8-19(17)27(2)24(25)32/h3-4,7-10,12,16,29H,5-6,11,13H2,1-2H3/t16-,25+/m0/s1. The first kappa shape index (κ1) is 21.3. The Balaban J connectivity index is 1.79. The first-order valence-corrected chi connectivity index (χ1v) is 10.8. The Bertz CT molecular complexity index is 1230. The predicted octanol–water partition coefficient (Wildman–Crippen LogP) is 2.87. The number of fused-ring (bicyclic) bond motifs is 2. The fourth-order valence-corrected chi connectivity index (χ4v) is 5.10. The summed E-state index contributed by atoms with van der Waals surface area (Å²) in [6, 6.07) is 10.9. The van der Waals surface area contributed by atoms with Gasteiger partial charge in [0.05, 0.1) is 11.7 Å². The molecule has 2 aromatic carbocycles. The molecule has 0 saturated carbocycles. The molecule has 7 nitrogen and oxygen atoms in total. The van der Waals surface area contributed by atoms with Gasteiger partial charge in [-0.15, -0.1) is 0 Å². The Hall–Kier alpha value is -3.52. The van der Waals surface area contributed by atoms with Crippen LogP contribution in [0.4, 0.5) is 10.1 Å². The van der Waals surface area contributed by atoms with E-state index in [-0.39, 0.29) is 23.8 Å². The number of aryl methyl sites for hydroxylation is 1. The van der Waals surface area contributed by atoms with Crippen LogP contribution in [0.5, 0.6) is 0 Å². The molecule has 0 unspecified atom stereocenters. The van der Waals surface area contributed by atoms with Crippen LogP contribution in [0.1, 0.15) is 29.5 Å². The number of Topliss-reactive ketones (excluding diaryl/α,β-unsaturated/α-hetero) is 1. The van der Waals surface area contributed by atoms with Gasteiger partial charge in [-0.05, 0) is 37.5 Å². The van der Waals surface area contributed by atoms with E-state index in [0.29, 0.717) is 29.8 Å². The van der Waals surface area contributed by atoms with Crippen molar-refractivity contribution in [1.29, 1.82) is 0 Å². The molecule has 2 aromatic rings. The Kier molecular flexibility index (Phi) is 4.86. The van der Waals surface area contributed by atoms with Gasteiger partial charge in [-0.2, -0.15) is 0 Å². The van der Waals surface area contributed by atoms with Crippen molar-refractivity contribution in [2.24, 2.45) is 0 Å². The number of ketones is 1. The number of anilines is 1. The van der Waals surface area contributed by atoms with E-state index >= 15 is 0 Å². The number of ether oxygens (including phenoxy) is 1. The number of aliphatic hydroxyl groups excluding tert-OH is 1. The highest BCUT2D eigenvalue weighted by atomic mass is 19.1. The van der Waals surface area contributed by atoms with Crippen molar-refractivity contribution in [3.63, 3.8) is 0 Å². The maximum absolute atomic E-state index is 14.3. The predicted molar refractivity (Wildman–Crippen MR) is 118 cm³/mol. The van der Waals surface area contributed by atoms with E-state index < -0.39 is 34.7 Å². The Morgan fingerprint density at radius 3 is 2.67 bits per heavy atom. The van der Waals surface area contributed by atoms with E-state index in [1.807, 2.05) is 0 Å². The molecule has 2 atom stereocenters. The molecule has 0 aromatic heterocycles. The highest BCUT2D eigenvalue weighted by Crippen LogP contribution is 2.53. The summed E-state index contributed by atoms with van der Waals surface area (Å²) in [4.78, 5) is 43.1. The van der Waals surface area contributed by atoms with Gasteiger partial charge < -0.3 is 19.6 Å². The lowest BCUT2D eigenvalue weighted by atomic mass is 9.81. The van der Waals surface area contributed by atoms with Gasteiger partial charge >= 0.3 is 0 Å². The number of halogens is 1.